The number of aliphatic carboxylic acids is 1. The van der Waals surface area contributed by atoms with Crippen LogP contribution in [0, 0.1) is 5.41 Å². The molecule has 3 aromatic rings. The molecule has 258 valence electrons. The second-order valence-electron chi connectivity index (χ2n) is 12.7. The van der Waals surface area contributed by atoms with Gasteiger partial charge in [-0.3, -0.25) is 19.2 Å². The van der Waals surface area contributed by atoms with E-state index in [0.29, 0.717) is 5.39 Å². The summed E-state index contributed by atoms with van der Waals surface area (Å²) in [7, 11) is 0. The summed E-state index contributed by atoms with van der Waals surface area (Å²) < 4.78 is 1.65. The minimum absolute atomic E-state index is 0.0379. The quantitative estimate of drug-likeness (QED) is 0.114. The number of carbonyl (C=O) groups is 3. The largest absolute Gasteiger partial charge is 0.481 e. The van der Waals surface area contributed by atoms with Crippen LogP contribution in [-0.4, -0.2) is 81.4 Å². The van der Waals surface area contributed by atoms with Gasteiger partial charge < -0.3 is 30.8 Å². The molecule has 3 saturated heterocycles. The first-order valence-corrected chi connectivity index (χ1v) is 19.9. The van der Waals surface area contributed by atoms with Crippen molar-refractivity contribution in [1.82, 2.24) is 15.2 Å². The van der Waals surface area contributed by atoms with Crippen molar-refractivity contribution in [3.63, 3.8) is 0 Å². The molecule has 7 rings (SSSR count). The first-order chi connectivity index (χ1) is 23.7. The maximum absolute atomic E-state index is 13.4. The number of benzene rings is 1. The van der Waals surface area contributed by atoms with E-state index in [1.807, 2.05) is 12.1 Å². The number of oxime groups is 1. The zero-order chi connectivity index (χ0) is 34.1. The van der Waals surface area contributed by atoms with Crippen LogP contribution >= 0.6 is 46.2 Å². The van der Waals surface area contributed by atoms with Gasteiger partial charge in [-0.1, -0.05) is 23.0 Å². The van der Waals surface area contributed by atoms with Gasteiger partial charge in [0.15, 0.2) is 16.3 Å². The van der Waals surface area contributed by atoms with Gasteiger partial charge in [-0.15, -0.1) is 34.4 Å². The van der Waals surface area contributed by atoms with Crippen molar-refractivity contribution in [1.29, 1.82) is 0 Å². The highest BCUT2D eigenvalue weighted by Crippen LogP contribution is 2.44. The number of nitrogens with two attached hydrogens (primary N) is 1. The molecule has 49 heavy (non-hydrogen) atoms. The fourth-order valence-corrected chi connectivity index (χ4v) is 10.8. The normalized spacial score (nSPS) is 24.7. The highest BCUT2D eigenvalue weighted by atomic mass is 32.2. The number of β-lactam (4-membered cyclic amide) rings is 1. The molecule has 12 nitrogen and oxygen atoms in total. The smallest absolute Gasteiger partial charge is 0.316 e. The van der Waals surface area contributed by atoms with Crippen LogP contribution in [0.4, 0.5) is 10.8 Å². The average Bonchev–Trinajstić information content (AvgIpc) is 3.79. The molecule has 2 amide bonds. The van der Waals surface area contributed by atoms with Crippen molar-refractivity contribution < 1.29 is 24.3 Å². The fourth-order valence-electron chi connectivity index (χ4n) is 6.59. The van der Waals surface area contributed by atoms with Crippen LogP contribution in [0.3, 0.4) is 0 Å². The minimum atomic E-state index is -1.33. The van der Waals surface area contributed by atoms with Gasteiger partial charge in [-0.2, -0.15) is 0 Å². The molecule has 1 aliphatic carbocycles. The number of carbonyl (C=O) groups excluding carboxylic acids is 2. The van der Waals surface area contributed by atoms with Crippen LogP contribution in [0.1, 0.15) is 50.6 Å². The van der Waals surface area contributed by atoms with E-state index < -0.39 is 28.7 Å². The lowest BCUT2D eigenvalue weighted by atomic mass is 9.87. The molecule has 0 radical (unpaired) electrons. The third-order valence-electron chi connectivity index (χ3n) is 9.38. The van der Waals surface area contributed by atoms with Gasteiger partial charge in [0.2, 0.25) is 5.91 Å². The number of carboxylic acid groups (broad SMARTS) is 1. The first-order valence-electron chi connectivity index (χ1n) is 16.3. The summed E-state index contributed by atoms with van der Waals surface area (Å²) in [5, 5.41) is 21.1. The van der Waals surface area contributed by atoms with E-state index >= 15 is 0 Å². The molecule has 4 aliphatic rings. The van der Waals surface area contributed by atoms with E-state index in [-0.39, 0.29) is 46.3 Å². The second kappa shape index (κ2) is 14.3. The zero-order valence-corrected chi connectivity index (χ0v) is 29.8. The standard InChI is InChI=1S/C33H36N6O6S4/c34-32-35-22(16-47-32)26(37-45-20-6-2-3-7-20)28(41)36-27-29(42)39-17-33(31(43)44,18-48-30(27)39)10-13-46-25-15-23(40)21-9-8-19(14-24(21)49-25)38-11-4-1-5-12-38/h8-10,13-16,20,27,30H,1-7,11-12,17-18H2,(H2,34,35)(H,36,41)(H,43,44)/t27?,30-,33?/m1/s1. The van der Waals surface area contributed by atoms with Crippen molar-refractivity contribution in [2.45, 2.75) is 66.7 Å². The summed E-state index contributed by atoms with van der Waals surface area (Å²) in [5.41, 5.74) is 5.73. The molecule has 0 spiro atoms. The van der Waals surface area contributed by atoms with Crippen LogP contribution < -0.4 is 21.4 Å². The molecule has 5 heterocycles. The number of thioether (sulfide) groups is 2. The monoisotopic (exact) mass is 740 g/mol. The summed E-state index contributed by atoms with van der Waals surface area (Å²) in [6.45, 7) is 1.98. The van der Waals surface area contributed by atoms with E-state index in [2.05, 4.69) is 26.4 Å². The highest BCUT2D eigenvalue weighted by molar-refractivity contribution is 8.04. The number of anilines is 2. The van der Waals surface area contributed by atoms with Gasteiger partial charge in [-0.05, 0) is 68.6 Å². The summed E-state index contributed by atoms with van der Waals surface area (Å²) >= 11 is 5.28. The highest BCUT2D eigenvalue weighted by Gasteiger charge is 2.57. The topological polar surface area (TPSA) is 168 Å². The van der Waals surface area contributed by atoms with Gasteiger partial charge in [-0.25, -0.2) is 4.98 Å². The van der Waals surface area contributed by atoms with Crippen molar-refractivity contribution in [3.8, 4) is 0 Å². The number of nitrogen functional groups attached to an aromatic ring is 1. The summed E-state index contributed by atoms with van der Waals surface area (Å²) in [6.07, 6.45) is 8.87. The van der Waals surface area contributed by atoms with E-state index in [0.717, 1.165) is 66.2 Å². The fraction of sp³-hybridized carbons (Fsp3) is 0.455. The van der Waals surface area contributed by atoms with Crippen LogP contribution in [0.15, 0.2) is 55.3 Å². The lowest BCUT2D eigenvalue weighted by molar-refractivity contribution is -0.156. The molecule has 0 bridgehead atoms. The molecular weight excluding hydrogens is 705 g/mol. The molecule has 2 aromatic heterocycles. The Bertz CT molecular complexity index is 1880. The molecule has 3 atom stereocenters. The number of nitrogens with one attached hydrogen (secondary N) is 1. The van der Waals surface area contributed by atoms with E-state index in [1.165, 1.54) is 57.5 Å². The number of rotatable bonds is 10. The maximum atomic E-state index is 13.4. The number of aromatic nitrogens is 1. The Kier molecular flexibility index (Phi) is 9.91. The molecule has 4 N–H and O–H groups in total. The zero-order valence-electron chi connectivity index (χ0n) is 26.5. The molecule has 4 fully saturated rings. The number of nitrogens with zero attached hydrogens (tertiary/aromatic N) is 4. The van der Waals surface area contributed by atoms with Crippen LogP contribution in [0.2, 0.25) is 0 Å². The Labute approximate surface area is 299 Å². The number of hydrogen-bond acceptors (Lipinski definition) is 13. The molecule has 16 heteroatoms. The van der Waals surface area contributed by atoms with Crippen molar-refractivity contribution in [2.24, 2.45) is 10.6 Å². The van der Waals surface area contributed by atoms with Crippen molar-refractivity contribution >= 4 is 90.6 Å². The Balaban J connectivity index is 1.02. The summed E-state index contributed by atoms with van der Waals surface area (Å²) in [6, 6.07) is 6.72. The molecule has 1 aromatic carbocycles. The van der Waals surface area contributed by atoms with Gasteiger partial charge in [0, 0.05) is 52.6 Å². The molecular formula is C33H36N6O6S4. The van der Waals surface area contributed by atoms with E-state index in [1.54, 1.807) is 22.9 Å². The Morgan fingerprint density at radius 1 is 1.14 bits per heavy atom. The van der Waals surface area contributed by atoms with Gasteiger partial charge >= 0.3 is 5.97 Å². The number of piperidine rings is 1. The van der Waals surface area contributed by atoms with Gasteiger partial charge in [0.1, 0.15) is 28.6 Å². The van der Waals surface area contributed by atoms with E-state index in [9.17, 15) is 24.3 Å². The lowest BCUT2D eigenvalue weighted by Crippen LogP contribution is -2.73. The van der Waals surface area contributed by atoms with E-state index in [4.69, 9.17) is 10.6 Å². The predicted octanol–water partition coefficient (Wildman–Crippen LogP) is 4.73. The lowest BCUT2D eigenvalue weighted by Gasteiger charge is -2.53. The summed E-state index contributed by atoms with van der Waals surface area (Å²) in [4.78, 5) is 65.9. The number of fused-ring (bicyclic) bond motifs is 2. The number of carboxylic acids is 1. The van der Waals surface area contributed by atoms with Gasteiger partial charge in [0.25, 0.3) is 5.91 Å². The van der Waals surface area contributed by atoms with Crippen molar-refractivity contribution in [2.75, 3.05) is 36.0 Å². The summed E-state index contributed by atoms with van der Waals surface area (Å²) in [5.74, 6) is -1.83. The minimum Gasteiger partial charge on any atom is -0.481 e. The SMILES string of the molecule is Nc1nc(C(=NOC2CCCC2)C(=O)NC2C(=O)N3CC(C=CSc4cc(=O)c5ccc(N6CCCCC6)cc5s4)(C(=O)O)CS[C@H]23)cs1. The third kappa shape index (κ3) is 7.05. The predicted molar refractivity (Wildman–Crippen MR) is 196 cm³/mol. The first kappa shape index (κ1) is 33.9. The van der Waals surface area contributed by atoms with Crippen LogP contribution in [0.5, 0.6) is 0 Å². The Morgan fingerprint density at radius 2 is 1.94 bits per heavy atom. The Hall–Kier alpha value is -3.60. The van der Waals surface area contributed by atoms with Gasteiger partial charge in [0.05, 0.1) is 4.21 Å². The number of hydrogen-bond donors (Lipinski definition) is 3. The average molecular weight is 741 g/mol. The number of amides is 2. The maximum Gasteiger partial charge on any atom is 0.316 e. The number of thiazole rings is 1. The molecule has 3 aliphatic heterocycles. The van der Waals surface area contributed by atoms with Crippen LogP contribution in [-0.2, 0) is 19.2 Å². The van der Waals surface area contributed by atoms with Crippen molar-refractivity contribution in [3.05, 3.63) is 57.0 Å². The van der Waals surface area contributed by atoms with Crippen LogP contribution in [0.25, 0.3) is 10.1 Å². The molecule has 1 saturated carbocycles. The third-order valence-corrected chi connectivity index (χ3v) is 13.6. The molecule has 2 unspecified atom stereocenters. The Morgan fingerprint density at radius 3 is 2.67 bits per heavy atom. The second-order valence-corrected chi connectivity index (χ2v) is 17.0.